The van der Waals surface area contributed by atoms with Gasteiger partial charge in [-0.15, -0.1) is 5.10 Å². The Bertz CT molecular complexity index is 1780. The Morgan fingerprint density at radius 3 is 2.63 bits per heavy atom. The molecular formula is C29H23F3N8O. The van der Waals surface area contributed by atoms with Gasteiger partial charge in [-0.3, -0.25) is 9.89 Å². The molecule has 41 heavy (non-hydrogen) atoms. The second-order valence-electron chi connectivity index (χ2n) is 9.90. The molecule has 1 saturated carbocycles. The van der Waals surface area contributed by atoms with Crippen molar-refractivity contribution in [1.29, 1.82) is 5.26 Å². The SMILES string of the molecule is N#Cc1c(-c2c[nH]c3c(F)cc(F)cc23)nc(N[C@@H]2CCC[C@H](NC(=O)c3c[nH]nn3)C2)c(F)c1-c1ccccc1. The van der Waals surface area contributed by atoms with Crippen molar-refractivity contribution >= 4 is 22.6 Å². The van der Waals surface area contributed by atoms with E-state index in [0.29, 0.717) is 18.4 Å². The fourth-order valence-corrected chi connectivity index (χ4v) is 5.41. The summed E-state index contributed by atoms with van der Waals surface area (Å²) in [6.45, 7) is 0. The maximum atomic E-state index is 16.2. The molecule has 1 amide bonds. The molecule has 1 aliphatic carbocycles. The molecule has 0 saturated heterocycles. The molecule has 1 fully saturated rings. The lowest BCUT2D eigenvalue weighted by Gasteiger charge is -2.31. The zero-order chi connectivity index (χ0) is 28.5. The summed E-state index contributed by atoms with van der Waals surface area (Å²) in [5.74, 6) is -2.77. The summed E-state index contributed by atoms with van der Waals surface area (Å²) in [6, 6.07) is 12.1. The predicted octanol–water partition coefficient (Wildman–Crippen LogP) is 5.46. The Labute approximate surface area is 231 Å². The van der Waals surface area contributed by atoms with Gasteiger partial charge in [-0.25, -0.2) is 18.2 Å². The summed E-state index contributed by atoms with van der Waals surface area (Å²) in [6.07, 6.45) is 5.51. The van der Waals surface area contributed by atoms with E-state index >= 15 is 4.39 Å². The van der Waals surface area contributed by atoms with Crippen molar-refractivity contribution in [2.75, 3.05) is 5.32 Å². The lowest BCUT2D eigenvalue weighted by atomic mass is 9.90. The average molecular weight is 557 g/mol. The van der Waals surface area contributed by atoms with E-state index < -0.39 is 17.5 Å². The molecule has 0 bridgehead atoms. The van der Waals surface area contributed by atoms with Crippen LogP contribution in [0.15, 0.2) is 54.9 Å². The molecule has 9 nitrogen and oxygen atoms in total. The first kappa shape index (κ1) is 26.1. The predicted molar refractivity (Wildman–Crippen MR) is 145 cm³/mol. The van der Waals surface area contributed by atoms with E-state index in [1.807, 2.05) is 0 Å². The van der Waals surface area contributed by atoms with Gasteiger partial charge in [-0.1, -0.05) is 35.5 Å². The molecule has 6 rings (SSSR count). The van der Waals surface area contributed by atoms with Crippen LogP contribution in [-0.4, -0.2) is 43.4 Å². The van der Waals surface area contributed by atoms with Gasteiger partial charge < -0.3 is 15.6 Å². The molecule has 4 N–H and O–H groups in total. The van der Waals surface area contributed by atoms with Gasteiger partial charge in [-0.05, 0) is 37.3 Å². The molecule has 1 aliphatic rings. The number of hydrogen-bond donors (Lipinski definition) is 4. The standard InChI is InChI=1S/C29H23F3N8O/c30-16-9-19-21(13-34-27(19)22(31)10-16)26-20(12-33)24(15-5-2-1-3-6-15)25(32)28(38-26)36-17-7-4-8-18(11-17)37-29(41)23-14-35-40-39-23/h1-3,5-6,9-10,13-14,17-18,34H,4,7-8,11H2,(H,36,38)(H,37,41)(H,35,39,40)/t17-,18+/m1/s1. The van der Waals surface area contributed by atoms with E-state index in [-0.39, 0.29) is 62.8 Å². The minimum absolute atomic E-state index is 0.0264. The van der Waals surface area contributed by atoms with Crippen LogP contribution in [-0.2, 0) is 0 Å². The van der Waals surface area contributed by atoms with Gasteiger partial charge in [0.1, 0.15) is 17.7 Å². The van der Waals surface area contributed by atoms with E-state index in [9.17, 15) is 18.8 Å². The minimum Gasteiger partial charge on any atom is -0.365 e. The molecular weight excluding hydrogens is 533 g/mol. The third-order valence-electron chi connectivity index (χ3n) is 7.27. The highest BCUT2D eigenvalue weighted by Gasteiger charge is 2.29. The number of hydrogen-bond acceptors (Lipinski definition) is 6. The summed E-state index contributed by atoms with van der Waals surface area (Å²) < 4.78 is 44.9. The minimum atomic E-state index is -0.797. The number of nitrogens with one attached hydrogen (secondary N) is 4. The summed E-state index contributed by atoms with van der Waals surface area (Å²) in [5.41, 5.74) is 0.972. The van der Waals surface area contributed by atoms with E-state index in [4.69, 9.17) is 0 Å². The van der Waals surface area contributed by atoms with Crippen LogP contribution >= 0.6 is 0 Å². The Morgan fingerprint density at radius 2 is 1.88 bits per heavy atom. The number of nitriles is 1. The van der Waals surface area contributed by atoms with Crippen LogP contribution in [0, 0.1) is 28.8 Å². The summed E-state index contributed by atoms with van der Waals surface area (Å²) >= 11 is 0. The number of amides is 1. The number of aromatic nitrogens is 5. The van der Waals surface area contributed by atoms with Crippen LogP contribution in [0.4, 0.5) is 19.0 Å². The van der Waals surface area contributed by atoms with Gasteiger partial charge >= 0.3 is 0 Å². The first-order chi connectivity index (χ1) is 19.9. The van der Waals surface area contributed by atoms with Crippen LogP contribution in [0.5, 0.6) is 0 Å². The molecule has 2 aromatic carbocycles. The van der Waals surface area contributed by atoms with Crippen molar-refractivity contribution in [3.8, 4) is 28.5 Å². The Balaban J connectivity index is 1.41. The number of benzene rings is 2. The molecule has 5 aromatic rings. The van der Waals surface area contributed by atoms with Gasteiger partial charge in [-0.2, -0.15) is 5.26 Å². The molecule has 0 aliphatic heterocycles. The van der Waals surface area contributed by atoms with Gasteiger partial charge in [0.25, 0.3) is 5.91 Å². The van der Waals surface area contributed by atoms with E-state index in [2.05, 4.69) is 42.1 Å². The normalized spacial score (nSPS) is 16.8. The zero-order valence-electron chi connectivity index (χ0n) is 21.5. The highest BCUT2D eigenvalue weighted by Crippen LogP contribution is 2.39. The molecule has 206 valence electrons. The highest BCUT2D eigenvalue weighted by molar-refractivity contribution is 5.98. The van der Waals surface area contributed by atoms with Crippen LogP contribution in [0.2, 0.25) is 0 Å². The van der Waals surface area contributed by atoms with E-state index in [1.165, 1.54) is 12.4 Å². The molecule has 0 radical (unpaired) electrons. The summed E-state index contributed by atoms with van der Waals surface area (Å²) in [7, 11) is 0. The maximum Gasteiger partial charge on any atom is 0.273 e. The van der Waals surface area contributed by atoms with Gasteiger partial charge in [0.15, 0.2) is 17.3 Å². The number of carbonyl (C=O) groups is 1. The Morgan fingerprint density at radius 1 is 1.07 bits per heavy atom. The number of halogens is 3. The quantitative estimate of drug-likeness (QED) is 0.219. The van der Waals surface area contributed by atoms with Crippen molar-refractivity contribution in [3.63, 3.8) is 0 Å². The maximum absolute atomic E-state index is 16.2. The largest absolute Gasteiger partial charge is 0.365 e. The van der Waals surface area contributed by atoms with Gasteiger partial charge in [0.05, 0.1) is 23.0 Å². The van der Waals surface area contributed by atoms with Crippen molar-refractivity contribution in [1.82, 2.24) is 30.7 Å². The van der Waals surface area contributed by atoms with Crippen molar-refractivity contribution in [2.24, 2.45) is 0 Å². The fourth-order valence-electron chi connectivity index (χ4n) is 5.41. The van der Waals surface area contributed by atoms with Gasteiger partial charge in [0, 0.05) is 40.9 Å². The third-order valence-corrected chi connectivity index (χ3v) is 7.27. The number of rotatable bonds is 6. The van der Waals surface area contributed by atoms with Crippen molar-refractivity contribution in [2.45, 2.75) is 37.8 Å². The summed E-state index contributed by atoms with van der Waals surface area (Å²) in [4.78, 5) is 19.8. The molecule has 0 unspecified atom stereocenters. The number of fused-ring (bicyclic) bond motifs is 1. The van der Waals surface area contributed by atoms with Crippen molar-refractivity contribution < 1.29 is 18.0 Å². The Kier molecular flexibility index (Phi) is 6.84. The molecule has 3 heterocycles. The monoisotopic (exact) mass is 556 g/mol. The van der Waals surface area contributed by atoms with E-state index in [0.717, 1.165) is 25.0 Å². The smallest absolute Gasteiger partial charge is 0.273 e. The lowest BCUT2D eigenvalue weighted by Crippen LogP contribution is -2.42. The molecule has 3 aromatic heterocycles. The third kappa shape index (κ3) is 4.98. The fraction of sp³-hybridized carbons (Fsp3) is 0.207. The highest BCUT2D eigenvalue weighted by atomic mass is 19.1. The lowest BCUT2D eigenvalue weighted by molar-refractivity contribution is 0.0921. The number of aromatic amines is 2. The van der Waals surface area contributed by atoms with Crippen molar-refractivity contribution in [3.05, 3.63) is 83.6 Å². The van der Waals surface area contributed by atoms with E-state index in [1.54, 1.807) is 30.3 Å². The number of pyridine rings is 1. The first-order valence-electron chi connectivity index (χ1n) is 13.0. The number of anilines is 1. The average Bonchev–Trinajstić information content (AvgIpc) is 3.66. The van der Waals surface area contributed by atoms with Crippen LogP contribution in [0.1, 0.15) is 41.7 Å². The molecule has 12 heteroatoms. The first-order valence-corrected chi connectivity index (χ1v) is 13.0. The second-order valence-corrected chi connectivity index (χ2v) is 9.90. The zero-order valence-corrected chi connectivity index (χ0v) is 21.5. The number of nitrogens with zero attached hydrogens (tertiary/aromatic N) is 4. The van der Waals surface area contributed by atoms with Crippen LogP contribution in [0.3, 0.4) is 0 Å². The second kappa shape index (κ2) is 10.8. The Hall–Kier alpha value is -5.18. The summed E-state index contributed by atoms with van der Waals surface area (Å²) in [5, 5.41) is 26.3. The molecule has 0 spiro atoms. The van der Waals surface area contributed by atoms with Crippen LogP contribution in [0.25, 0.3) is 33.3 Å². The van der Waals surface area contributed by atoms with Gasteiger partial charge in [0.2, 0.25) is 0 Å². The number of H-pyrrole nitrogens is 2. The molecule has 2 atom stereocenters. The topological polar surface area (TPSA) is 135 Å². The number of carbonyl (C=O) groups excluding carboxylic acids is 1. The van der Waals surface area contributed by atoms with Crippen LogP contribution < -0.4 is 10.6 Å².